The predicted molar refractivity (Wildman–Crippen MR) is 50.7 cm³/mol. The maximum atomic E-state index is 3.31. The molecule has 0 aliphatic rings. The van der Waals surface area contributed by atoms with Crippen molar-refractivity contribution in [1.29, 1.82) is 0 Å². The largest absolute Gasteiger partial charge is 0.313 e. The van der Waals surface area contributed by atoms with Crippen LogP contribution < -0.4 is 5.32 Å². The molecule has 0 amide bonds. The second kappa shape index (κ2) is 3.14. The summed E-state index contributed by atoms with van der Waals surface area (Å²) >= 11 is 1.90. The minimum Gasteiger partial charge on any atom is -0.313 e. The lowest BCUT2D eigenvalue weighted by Crippen LogP contribution is -2.52. The van der Waals surface area contributed by atoms with E-state index >= 15 is 0 Å². The number of nitrogens with one attached hydrogen (secondary N) is 1. The Morgan fingerprint density at radius 2 is 1.50 bits per heavy atom. The van der Waals surface area contributed by atoms with E-state index in [1.807, 2.05) is 18.8 Å². The van der Waals surface area contributed by atoms with Gasteiger partial charge in [-0.2, -0.15) is 11.8 Å². The molecule has 0 atom stereocenters. The fraction of sp³-hybridized carbons (Fsp3) is 1.00. The van der Waals surface area contributed by atoms with Crippen LogP contribution in [0.25, 0.3) is 0 Å². The first-order valence-corrected chi connectivity index (χ1v) is 4.84. The monoisotopic (exact) mass is 161 g/mol. The molecule has 0 radical (unpaired) electrons. The normalized spacial score (nSPS) is 13.8. The van der Waals surface area contributed by atoms with Crippen molar-refractivity contribution in [3.05, 3.63) is 0 Å². The summed E-state index contributed by atoms with van der Waals surface area (Å²) in [5.41, 5.74) is 0.201. The molecule has 1 nitrogen and oxygen atoms in total. The number of thioether (sulfide) groups is 1. The van der Waals surface area contributed by atoms with Crippen LogP contribution in [0.2, 0.25) is 0 Å². The zero-order valence-corrected chi connectivity index (χ0v) is 8.72. The molecule has 0 aromatic heterocycles. The van der Waals surface area contributed by atoms with E-state index in [-0.39, 0.29) is 5.54 Å². The van der Waals surface area contributed by atoms with Gasteiger partial charge in [-0.3, -0.25) is 0 Å². The van der Waals surface area contributed by atoms with Crippen LogP contribution in [-0.2, 0) is 0 Å². The van der Waals surface area contributed by atoms with Gasteiger partial charge in [0.25, 0.3) is 0 Å². The molecule has 2 heteroatoms. The average Bonchev–Trinajstić information content (AvgIpc) is 1.88. The summed E-state index contributed by atoms with van der Waals surface area (Å²) in [6.45, 7) is 8.97. The van der Waals surface area contributed by atoms with Crippen LogP contribution in [0.4, 0.5) is 0 Å². The lowest BCUT2D eigenvalue weighted by molar-refractivity contribution is 0.343. The topological polar surface area (TPSA) is 12.0 Å². The van der Waals surface area contributed by atoms with Crippen LogP contribution in [0.3, 0.4) is 0 Å². The summed E-state index contributed by atoms with van der Waals surface area (Å²) < 4.78 is 0.293. The molecule has 0 aliphatic heterocycles. The molecule has 0 spiro atoms. The van der Waals surface area contributed by atoms with Gasteiger partial charge < -0.3 is 5.32 Å². The van der Waals surface area contributed by atoms with Gasteiger partial charge in [-0.25, -0.2) is 0 Å². The minimum atomic E-state index is 0.201. The van der Waals surface area contributed by atoms with Crippen molar-refractivity contribution in [2.75, 3.05) is 13.3 Å². The molecule has 0 heterocycles. The Kier molecular flexibility index (Phi) is 3.24. The molecule has 0 fully saturated rings. The van der Waals surface area contributed by atoms with E-state index in [1.54, 1.807) is 0 Å². The fourth-order valence-electron chi connectivity index (χ4n) is 0.556. The summed E-state index contributed by atoms with van der Waals surface area (Å²) in [6.07, 6.45) is 2.15. The van der Waals surface area contributed by atoms with Crippen LogP contribution in [0.5, 0.6) is 0 Å². The minimum absolute atomic E-state index is 0.201. The highest BCUT2D eigenvalue weighted by molar-refractivity contribution is 8.00. The van der Waals surface area contributed by atoms with Gasteiger partial charge in [-0.05, 0) is 41.0 Å². The van der Waals surface area contributed by atoms with Crippen molar-refractivity contribution < 1.29 is 0 Å². The van der Waals surface area contributed by atoms with Gasteiger partial charge >= 0.3 is 0 Å². The lowest BCUT2D eigenvalue weighted by Gasteiger charge is -2.40. The Labute approximate surface area is 69.0 Å². The molecule has 0 bridgehead atoms. The molecule has 0 saturated heterocycles. The number of rotatable bonds is 3. The van der Waals surface area contributed by atoms with E-state index in [9.17, 15) is 0 Å². The van der Waals surface area contributed by atoms with Gasteiger partial charge in [0, 0.05) is 10.3 Å². The summed E-state index contributed by atoms with van der Waals surface area (Å²) in [5, 5.41) is 3.31. The fourth-order valence-corrected chi connectivity index (χ4v) is 1.17. The quantitative estimate of drug-likeness (QED) is 0.680. The van der Waals surface area contributed by atoms with Crippen molar-refractivity contribution in [1.82, 2.24) is 5.32 Å². The molecule has 1 N–H and O–H groups in total. The first kappa shape index (κ1) is 10.3. The number of hydrogen-bond acceptors (Lipinski definition) is 2. The molecular formula is C8H19NS. The highest BCUT2D eigenvalue weighted by Gasteiger charge is 2.34. The second-order valence-corrected chi connectivity index (χ2v) is 5.02. The average molecular weight is 161 g/mol. The zero-order chi connectivity index (χ0) is 8.41. The van der Waals surface area contributed by atoms with Crippen molar-refractivity contribution in [2.45, 2.75) is 38.0 Å². The maximum absolute atomic E-state index is 3.31. The molecule has 0 rings (SSSR count). The standard InChI is InChI=1S/C8H19NS/c1-7(2,9-5)8(3,4)10-6/h9H,1-6H3. The smallest absolute Gasteiger partial charge is 0.0277 e. The first-order valence-electron chi connectivity index (χ1n) is 3.61. The van der Waals surface area contributed by atoms with Gasteiger partial charge in [-0.15, -0.1) is 0 Å². The van der Waals surface area contributed by atoms with Crippen molar-refractivity contribution in [2.24, 2.45) is 0 Å². The zero-order valence-electron chi connectivity index (χ0n) is 7.91. The van der Waals surface area contributed by atoms with E-state index in [1.165, 1.54) is 0 Å². The van der Waals surface area contributed by atoms with Crippen molar-refractivity contribution in [3.63, 3.8) is 0 Å². The Balaban J connectivity index is 4.28. The van der Waals surface area contributed by atoms with E-state index in [4.69, 9.17) is 0 Å². The third kappa shape index (κ3) is 1.89. The Bertz CT molecular complexity index is 93.8. The third-order valence-electron chi connectivity index (χ3n) is 2.64. The van der Waals surface area contributed by atoms with Crippen LogP contribution >= 0.6 is 11.8 Å². The molecular weight excluding hydrogens is 142 g/mol. The predicted octanol–water partition coefficient (Wildman–Crippen LogP) is 2.13. The summed E-state index contributed by atoms with van der Waals surface area (Å²) in [7, 11) is 2.01. The molecule has 0 aromatic carbocycles. The van der Waals surface area contributed by atoms with E-state index < -0.39 is 0 Å². The van der Waals surface area contributed by atoms with E-state index in [2.05, 4.69) is 39.3 Å². The Morgan fingerprint density at radius 1 is 1.10 bits per heavy atom. The highest BCUT2D eigenvalue weighted by atomic mass is 32.2. The van der Waals surface area contributed by atoms with Gasteiger partial charge in [-0.1, -0.05) is 0 Å². The molecule has 0 aromatic rings. The van der Waals surface area contributed by atoms with E-state index in [0.29, 0.717) is 4.75 Å². The maximum Gasteiger partial charge on any atom is 0.0277 e. The lowest BCUT2D eigenvalue weighted by atomic mass is 9.90. The highest BCUT2D eigenvalue weighted by Crippen LogP contribution is 2.32. The summed E-state index contributed by atoms with van der Waals surface area (Å²) in [5.74, 6) is 0. The molecule has 62 valence electrons. The van der Waals surface area contributed by atoms with Gasteiger partial charge in [0.15, 0.2) is 0 Å². The molecule has 0 saturated carbocycles. The summed E-state index contributed by atoms with van der Waals surface area (Å²) in [4.78, 5) is 0. The first-order chi connectivity index (χ1) is 4.37. The molecule has 0 unspecified atom stereocenters. The summed E-state index contributed by atoms with van der Waals surface area (Å²) in [6, 6.07) is 0. The van der Waals surface area contributed by atoms with Gasteiger partial charge in [0.1, 0.15) is 0 Å². The molecule has 0 aliphatic carbocycles. The van der Waals surface area contributed by atoms with Crippen LogP contribution in [0.15, 0.2) is 0 Å². The van der Waals surface area contributed by atoms with Crippen molar-refractivity contribution in [3.8, 4) is 0 Å². The SMILES string of the molecule is CNC(C)(C)C(C)(C)SC. The van der Waals surface area contributed by atoms with Crippen LogP contribution in [0.1, 0.15) is 27.7 Å². The van der Waals surface area contributed by atoms with Crippen LogP contribution in [-0.4, -0.2) is 23.6 Å². The Morgan fingerprint density at radius 3 is 1.60 bits per heavy atom. The van der Waals surface area contributed by atoms with Crippen molar-refractivity contribution >= 4 is 11.8 Å². The van der Waals surface area contributed by atoms with Crippen LogP contribution in [0, 0.1) is 0 Å². The van der Waals surface area contributed by atoms with Gasteiger partial charge in [0.05, 0.1) is 0 Å². The second-order valence-electron chi connectivity index (χ2n) is 3.59. The Hall–Kier alpha value is 0.310. The van der Waals surface area contributed by atoms with Gasteiger partial charge in [0.2, 0.25) is 0 Å². The van der Waals surface area contributed by atoms with E-state index in [0.717, 1.165) is 0 Å². The third-order valence-corrected chi connectivity index (χ3v) is 4.17. The molecule has 10 heavy (non-hydrogen) atoms. The number of hydrogen-bond donors (Lipinski definition) is 1.